The van der Waals surface area contributed by atoms with Crippen molar-refractivity contribution in [3.05, 3.63) is 53.9 Å². The number of ether oxygens (including phenoxy) is 1. The summed E-state index contributed by atoms with van der Waals surface area (Å²) in [5.74, 6) is 0. The summed E-state index contributed by atoms with van der Waals surface area (Å²) in [6.45, 7) is 4.32. The van der Waals surface area contributed by atoms with Gasteiger partial charge in [-0.05, 0) is 29.8 Å². The van der Waals surface area contributed by atoms with Crippen molar-refractivity contribution in [2.45, 2.75) is 6.54 Å². The minimum atomic E-state index is 0.442. The molecule has 0 amide bonds. The van der Waals surface area contributed by atoms with Crippen LogP contribution in [0.15, 0.2) is 42.6 Å². The highest BCUT2D eigenvalue weighted by molar-refractivity contribution is 5.50. The maximum atomic E-state index is 8.80. The Hall–Kier alpha value is -2.58. The fraction of sp³-hybridized carbons (Fsp3) is 0.333. The van der Waals surface area contributed by atoms with Crippen LogP contribution in [0.2, 0.25) is 0 Å². The van der Waals surface area contributed by atoms with Gasteiger partial charge in [-0.3, -0.25) is 0 Å². The quantitative estimate of drug-likeness (QED) is 0.868. The van der Waals surface area contributed by atoms with E-state index in [1.54, 1.807) is 12.3 Å². The lowest BCUT2D eigenvalue weighted by Crippen LogP contribution is -2.36. The maximum Gasteiger partial charge on any atom is 0.140 e. The maximum absolute atomic E-state index is 8.80. The fourth-order valence-electron chi connectivity index (χ4n) is 2.68. The Morgan fingerprint density at radius 3 is 2.52 bits per heavy atom. The second-order valence-electron chi connectivity index (χ2n) is 5.64. The third-order valence-electron chi connectivity index (χ3n) is 4.04. The van der Waals surface area contributed by atoms with E-state index >= 15 is 0 Å². The van der Waals surface area contributed by atoms with Crippen molar-refractivity contribution in [3.63, 3.8) is 0 Å². The van der Waals surface area contributed by atoms with Gasteiger partial charge in [-0.2, -0.15) is 5.26 Å². The van der Waals surface area contributed by atoms with E-state index in [9.17, 15) is 0 Å². The van der Waals surface area contributed by atoms with Gasteiger partial charge in [-0.25, -0.2) is 4.98 Å². The zero-order valence-corrected chi connectivity index (χ0v) is 13.3. The lowest BCUT2D eigenvalue weighted by Gasteiger charge is -2.29. The molecule has 1 fully saturated rings. The molecule has 0 saturated carbocycles. The summed E-state index contributed by atoms with van der Waals surface area (Å²) >= 11 is 0. The van der Waals surface area contributed by atoms with Crippen molar-refractivity contribution in [1.29, 1.82) is 5.26 Å². The Morgan fingerprint density at radius 2 is 1.91 bits per heavy atom. The van der Waals surface area contributed by atoms with Gasteiger partial charge in [-0.15, -0.1) is 0 Å². The smallest absolute Gasteiger partial charge is 0.140 e. The largest absolute Gasteiger partial charge is 0.378 e. The summed E-state index contributed by atoms with van der Waals surface area (Å²) in [7, 11) is 2.03. The SMILES string of the molecule is CN(Cc1ccc(N2CCOCC2)cc1)c1ccc(C#N)nc1. The van der Waals surface area contributed by atoms with E-state index in [1.807, 2.05) is 19.2 Å². The molecule has 1 saturated heterocycles. The standard InChI is InChI=1S/C18H20N4O/c1-21(18-7-4-16(12-19)20-13-18)14-15-2-5-17(6-3-15)22-8-10-23-11-9-22/h2-7,13H,8-11,14H2,1H3. The zero-order valence-electron chi connectivity index (χ0n) is 13.3. The fourth-order valence-corrected chi connectivity index (χ4v) is 2.68. The van der Waals surface area contributed by atoms with Gasteiger partial charge in [0.2, 0.25) is 0 Å². The molecule has 3 rings (SSSR count). The van der Waals surface area contributed by atoms with Crippen LogP contribution in [0.4, 0.5) is 11.4 Å². The molecule has 1 aromatic heterocycles. The van der Waals surface area contributed by atoms with Gasteiger partial charge in [0.05, 0.1) is 25.1 Å². The highest BCUT2D eigenvalue weighted by atomic mass is 16.5. The predicted molar refractivity (Wildman–Crippen MR) is 90.5 cm³/mol. The molecular weight excluding hydrogens is 288 g/mol. The van der Waals surface area contributed by atoms with Crippen LogP contribution in [0.25, 0.3) is 0 Å². The van der Waals surface area contributed by atoms with Gasteiger partial charge in [-0.1, -0.05) is 12.1 Å². The Labute approximate surface area is 136 Å². The first-order valence-corrected chi connectivity index (χ1v) is 7.75. The summed E-state index contributed by atoms with van der Waals surface area (Å²) in [5.41, 5.74) is 3.94. The normalized spacial score (nSPS) is 14.3. The predicted octanol–water partition coefficient (Wildman–Crippen LogP) is 2.43. The average Bonchev–Trinajstić information content (AvgIpc) is 2.63. The number of morpholine rings is 1. The molecule has 1 aromatic carbocycles. The second-order valence-corrected chi connectivity index (χ2v) is 5.64. The van der Waals surface area contributed by atoms with Crippen LogP contribution in [-0.2, 0) is 11.3 Å². The highest BCUT2D eigenvalue weighted by Crippen LogP contribution is 2.19. The summed E-state index contributed by atoms with van der Waals surface area (Å²) in [4.78, 5) is 8.59. The van der Waals surface area contributed by atoms with Crippen LogP contribution in [0, 0.1) is 11.3 Å². The molecule has 0 bridgehead atoms. The van der Waals surface area contributed by atoms with E-state index in [4.69, 9.17) is 10.00 Å². The zero-order chi connectivity index (χ0) is 16.1. The van der Waals surface area contributed by atoms with Gasteiger partial charge in [0.1, 0.15) is 11.8 Å². The molecule has 5 nitrogen and oxygen atoms in total. The van der Waals surface area contributed by atoms with Crippen LogP contribution >= 0.6 is 0 Å². The lowest BCUT2D eigenvalue weighted by atomic mass is 10.1. The van der Waals surface area contributed by atoms with Crippen LogP contribution in [-0.4, -0.2) is 38.3 Å². The van der Waals surface area contributed by atoms with Crippen molar-refractivity contribution in [2.24, 2.45) is 0 Å². The van der Waals surface area contributed by atoms with Crippen molar-refractivity contribution < 1.29 is 4.74 Å². The number of pyridine rings is 1. The summed E-state index contributed by atoms with van der Waals surface area (Å²) < 4.78 is 5.39. The molecule has 2 aromatic rings. The molecule has 118 valence electrons. The van der Waals surface area contributed by atoms with Gasteiger partial charge in [0.15, 0.2) is 0 Å². The van der Waals surface area contributed by atoms with E-state index in [0.717, 1.165) is 38.5 Å². The van der Waals surface area contributed by atoms with Crippen LogP contribution in [0.3, 0.4) is 0 Å². The van der Waals surface area contributed by atoms with Gasteiger partial charge < -0.3 is 14.5 Å². The van der Waals surface area contributed by atoms with E-state index in [1.165, 1.54) is 11.3 Å². The molecule has 1 aliphatic heterocycles. The topological polar surface area (TPSA) is 52.4 Å². The Kier molecular flexibility index (Phi) is 4.74. The van der Waals surface area contributed by atoms with E-state index in [-0.39, 0.29) is 0 Å². The molecule has 0 spiro atoms. The van der Waals surface area contributed by atoms with Crippen LogP contribution in [0.1, 0.15) is 11.3 Å². The molecule has 1 aliphatic rings. The number of aromatic nitrogens is 1. The number of anilines is 2. The molecular formula is C18H20N4O. The number of benzene rings is 1. The Balaban J connectivity index is 1.64. The van der Waals surface area contributed by atoms with Crippen LogP contribution < -0.4 is 9.80 Å². The van der Waals surface area contributed by atoms with Crippen molar-refractivity contribution in [1.82, 2.24) is 4.98 Å². The highest BCUT2D eigenvalue weighted by Gasteiger charge is 2.11. The van der Waals surface area contributed by atoms with Crippen LogP contribution in [0.5, 0.6) is 0 Å². The van der Waals surface area contributed by atoms with Crippen molar-refractivity contribution >= 4 is 11.4 Å². The Morgan fingerprint density at radius 1 is 1.17 bits per heavy atom. The van der Waals surface area contributed by atoms with E-state index in [0.29, 0.717) is 5.69 Å². The lowest BCUT2D eigenvalue weighted by molar-refractivity contribution is 0.122. The number of nitrogens with zero attached hydrogens (tertiary/aromatic N) is 4. The minimum Gasteiger partial charge on any atom is -0.378 e. The van der Waals surface area contributed by atoms with Crippen molar-refractivity contribution in [2.75, 3.05) is 43.2 Å². The first kappa shape index (κ1) is 15.3. The van der Waals surface area contributed by atoms with Gasteiger partial charge in [0.25, 0.3) is 0 Å². The average molecular weight is 308 g/mol. The molecule has 0 aliphatic carbocycles. The number of hydrogen-bond donors (Lipinski definition) is 0. The Bertz CT molecular complexity index is 670. The molecule has 23 heavy (non-hydrogen) atoms. The molecule has 0 atom stereocenters. The molecule has 0 radical (unpaired) electrons. The number of hydrogen-bond acceptors (Lipinski definition) is 5. The third-order valence-corrected chi connectivity index (χ3v) is 4.04. The monoisotopic (exact) mass is 308 g/mol. The van der Waals surface area contributed by atoms with Gasteiger partial charge in [0, 0.05) is 32.4 Å². The summed E-state index contributed by atoms with van der Waals surface area (Å²) in [6, 6.07) is 14.4. The minimum absolute atomic E-state index is 0.442. The van der Waals surface area contributed by atoms with E-state index in [2.05, 4.69) is 39.0 Å². The number of nitriles is 1. The molecule has 0 unspecified atom stereocenters. The summed E-state index contributed by atoms with van der Waals surface area (Å²) in [5, 5.41) is 8.80. The second kappa shape index (κ2) is 7.12. The molecule has 5 heteroatoms. The first-order valence-electron chi connectivity index (χ1n) is 7.75. The van der Waals surface area contributed by atoms with Crippen molar-refractivity contribution in [3.8, 4) is 6.07 Å². The number of rotatable bonds is 4. The first-order chi connectivity index (χ1) is 11.3. The van der Waals surface area contributed by atoms with Gasteiger partial charge >= 0.3 is 0 Å². The third kappa shape index (κ3) is 3.79. The van der Waals surface area contributed by atoms with E-state index < -0.39 is 0 Å². The molecule has 0 N–H and O–H groups in total. The summed E-state index contributed by atoms with van der Waals surface area (Å²) in [6.07, 6.45) is 1.74. The molecule has 2 heterocycles.